The van der Waals surface area contributed by atoms with E-state index in [2.05, 4.69) is 32.7 Å². The second-order valence-electron chi connectivity index (χ2n) is 7.04. The molecule has 0 spiro atoms. The summed E-state index contributed by atoms with van der Waals surface area (Å²) in [6, 6.07) is 1.22. The number of nitrogens with zero attached hydrogens (tertiary/aromatic N) is 1. The van der Waals surface area contributed by atoms with Gasteiger partial charge in [0, 0.05) is 18.6 Å². The van der Waals surface area contributed by atoms with Crippen LogP contribution in [-0.4, -0.2) is 30.6 Å². The Morgan fingerprint density at radius 2 is 1.74 bits per heavy atom. The molecule has 0 bridgehead atoms. The van der Waals surface area contributed by atoms with Gasteiger partial charge in [0.05, 0.1) is 0 Å². The van der Waals surface area contributed by atoms with E-state index in [-0.39, 0.29) is 0 Å². The molecule has 2 N–H and O–H groups in total. The summed E-state index contributed by atoms with van der Waals surface area (Å²) in [4.78, 5) is 2.63. The highest BCUT2D eigenvalue weighted by molar-refractivity contribution is 4.78. The molecule has 1 aliphatic rings. The van der Waals surface area contributed by atoms with Crippen LogP contribution >= 0.6 is 0 Å². The minimum atomic E-state index is 0.370. The molecule has 0 aromatic carbocycles. The Hall–Kier alpha value is -0.0800. The van der Waals surface area contributed by atoms with Crippen molar-refractivity contribution < 1.29 is 0 Å². The molecule has 2 atom stereocenters. The molecule has 114 valence electrons. The fraction of sp³-hybridized carbons (Fsp3) is 1.00. The van der Waals surface area contributed by atoms with Gasteiger partial charge in [-0.1, -0.05) is 26.7 Å². The molecule has 0 radical (unpaired) electrons. The first-order chi connectivity index (χ1) is 9.02. The van der Waals surface area contributed by atoms with Crippen molar-refractivity contribution >= 4 is 0 Å². The van der Waals surface area contributed by atoms with Crippen LogP contribution in [0.15, 0.2) is 0 Å². The van der Waals surface area contributed by atoms with Gasteiger partial charge in [0.1, 0.15) is 0 Å². The van der Waals surface area contributed by atoms with Crippen LogP contribution in [0.4, 0.5) is 0 Å². The van der Waals surface area contributed by atoms with Crippen LogP contribution in [-0.2, 0) is 0 Å². The van der Waals surface area contributed by atoms with Crippen LogP contribution in [0, 0.1) is 11.8 Å². The van der Waals surface area contributed by atoms with E-state index in [1.54, 1.807) is 0 Å². The zero-order chi connectivity index (χ0) is 14.3. The smallest absolute Gasteiger partial charge is 0.00925 e. The van der Waals surface area contributed by atoms with E-state index in [0.717, 1.165) is 17.9 Å². The summed E-state index contributed by atoms with van der Waals surface area (Å²) in [6.07, 6.45) is 10.9. The van der Waals surface area contributed by atoms with E-state index < -0.39 is 0 Å². The molecule has 1 saturated carbocycles. The van der Waals surface area contributed by atoms with Crippen molar-refractivity contribution in [3.05, 3.63) is 0 Å². The molecule has 0 aromatic heterocycles. The molecule has 0 aliphatic heterocycles. The lowest BCUT2D eigenvalue weighted by Gasteiger charge is -2.35. The van der Waals surface area contributed by atoms with Crippen LogP contribution < -0.4 is 5.73 Å². The van der Waals surface area contributed by atoms with Gasteiger partial charge in [-0.05, 0) is 64.3 Å². The Bertz CT molecular complexity index is 219. The SMILES string of the molecule is CCC1CCC(N(C)CC(C)CCCC(C)N)CC1. The topological polar surface area (TPSA) is 29.3 Å². The van der Waals surface area contributed by atoms with Gasteiger partial charge in [-0.3, -0.25) is 0 Å². The van der Waals surface area contributed by atoms with E-state index >= 15 is 0 Å². The van der Waals surface area contributed by atoms with E-state index in [4.69, 9.17) is 5.73 Å². The highest BCUT2D eigenvalue weighted by Gasteiger charge is 2.23. The van der Waals surface area contributed by atoms with Crippen LogP contribution in [0.3, 0.4) is 0 Å². The van der Waals surface area contributed by atoms with E-state index in [1.807, 2.05) is 0 Å². The van der Waals surface area contributed by atoms with Crippen LogP contribution in [0.2, 0.25) is 0 Å². The largest absolute Gasteiger partial charge is 0.328 e. The fourth-order valence-corrected chi connectivity index (χ4v) is 3.51. The Morgan fingerprint density at radius 1 is 1.11 bits per heavy atom. The first-order valence-corrected chi connectivity index (χ1v) is 8.48. The Balaban J connectivity index is 2.17. The summed E-state index contributed by atoms with van der Waals surface area (Å²) < 4.78 is 0. The fourth-order valence-electron chi connectivity index (χ4n) is 3.51. The summed E-state index contributed by atoms with van der Waals surface area (Å²) in [5, 5.41) is 0. The predicted octanol–water partition coefficient (Wildman–Crippen LogP) is 4.04. The molecule has 2 nitrogen and oxygen atoms in total. The van der Waals surface area contributed by atoms with Crippen molar-refractivity contribution in [2.24, 2.45) is 17.6 Å². The van der Waals surface area contributed by atoms with Crippen molar-refractivity contribution in [3.8, 4) is 0 Å². The van der Waals surface area contributed by atoms with Gasteiger partial charge in [0.15, 0.2) is 0 Å². The van der Waals surface area contributed by atoms with Gasteiger partial charge in [-0.15, -0.1) is 0 Å². The van der Waals surface area contributed by atoms with Crippen molar-refractivity contribution in [3.63, 3.8) is 0 Å². The summed E-state index contributed by atoms with van der Waals surface area (Å²) in [5.41, 5.74) is 5.81. The molecule has 1 rings (SSSR count). The van der Waals surface area contributed by atoms with Gasteiger partial charge in [0.2, 0.25) is 0 Å². The third-order valence-electron chi connectivity index (χ3n) is 4.97. The molecular weight excluding hydrogens is 232 g/mol. The van der Waals surface area contributed by atoms with Crippen molar-refractivity contribution in [1.82, 2.24) is 4.90 Å². The lowest BCUT2D eigenvalue weighted by Crippen LogP contribution is -2.37. The lowest BCUT2D eigenvalue weighted by atomic mass is 9.84. The molecule has 0 heterocycles. The van der Waals surface area contributed by atoms with Gasteiger partial charge in [-0.2, -0.15) is 0 Å². The monoisotopic (exact) mass is 268 g/mol. The zero-order valence-corrected chi connectivity index (χ0v) is 13.7. The summed E-state index contributed by atoms with van der Waals surface area (Å²) in [6.45, 7) is 8.12. The first kappa shape index (κ1) is 17.0. The summed E-state index contributed by atoms with van der Waals surface area (Å²) in [5.74, 6) is 1.82. The molecule has 2 heteroatoms. The third-order valence-corrected chi connectivity index (χ3v) is 4.97. The summed E-state index contributed by atoms with van der Waals surface area (Å²) in [7, 11) is 2.33. The minimum absolute atomic E-state index is 0.370. The average molecular weight is 268 g/mol. The van der Waals surface area contributed by atoms with Gasteiger partial charge in [0.25, 0.3) is 0 Å². The van der Waals surface area contributed by atoms with Crippen LogP contribution in [0.25, 0.3) is 0 Å². The second kappa shape index (κ2) is 8.97. The molecule has 0 aromatic rings. The Labute approximate surface area is 121 Å². The highest BCUT2D eigenvalue weighted by atomic mass is 15.1. The maximum absolute atomic E-state index is 5.81. The number of hydrogen-bond acceptors (Lipinski definition) is 2. The maximum Gasteiger partial charge on any atom is 0.00925 e. The normalized spacial score (nSPS) is 27.5. The van der Waals surface area contributed by atoms with Crippen molar-refractivity contribution in [1.29, 1.82) is 0 Å². The van der Waals surface area contributed by atoms with E-state index in [0.29, 0.717) is 6.04 Å². The maximum atomic E-state index is 5.81. The number of hydrogen-bond donors (Lipinski definition) is 1. The standard InChI is InChI=1S/C17H36N2/c1-5-16-9-11-17(12-10-16)19(4)13-14(2)7-6-8-15(3)18/h14-17H,5-13,18H2,1-4H3. The second-order valence-corrected chi connectivity index (χ2v) is 7.04. The molecular formula is C17H36N2. The summed E-state index contributed by atoms with van der Waals surface area (Å²) >= 11 is 0. The van der Waals surface area contributed by atoms with Gasteiger partial charge in [-0.25, -0.2) is 0 Å². The highest BCUT2D eigenvalue weighted by Crippen LogP contribution is 2.29. The molecule has 1 fully saturated rings. The van der Waals surface area contributed by atoms with Crippen molar-refractivity contribution in [2.45, 2.75) is 84.2 Å². The zero-order valence-electron chi connectivity index (χ0n) is 13.7. The molecule has 2 unspecified atom stereocenters. The van der Waals surface area contributed by atoms with Gasteiger partial charge < -0.3 is 10.6 Å². The van der Waals surface area contributed by atoms with Gasteiger partial charge >= 0.3 is 0 Å². The molecule has 1 aliphatic carbocycles. The average Bonchev–Trinajstić information content (AvgIpc) is 2.38. The Kier molecular flexibility index (Phi) is 8.01. The predicted molar refractivity (Wildman–Crippen MR) is 85.3 cm³/mol. The quantitative estimate of drug-likeness (QED) is 0.720. The van der Waals surface area contributed by atoms with E-state index in [1.165, 1.54) is 57.9 Å². The molecule has 19 heavy (non-hydrogen) atoms. The van der Waals surface area contributed by atoms with Crippen LogP contribution in [0.1, 0.15) is 72.1 Å². The van der Waals surface area contributed by atoms with E-state index in [9.17, 15) is 0 Å². The molecule has 0 amide bonds. The number of nitrogens with two attached hydrogens (primary N) is 1. The van der Waals surface area contributed by atoms with Crippen LogP contribution in [0.5, 0.6) is 0 Å². The lowest BCUT2D eigenvalue weighted by molar-refractivity contribution is 0.144. The third kappa shape index (κ3) is 6.76. The number of rotatable bonds is 8. The first-order valence-electron chi connectivity index (χ1n) is 8.48. The minimum Gasteiger partial charge on any atom is -0.328 e. The Morgan fingerprint density at radius 3 is 2.26 bits per heavy atom. The van der Waals surface area contributed by atoms with Crippen molar-refractivity contribution in [2.75, 3.05) is 13.6 Å². The molecule has 0 saturated heterocycles.